The number of nitrogens with zero attached hydrogens (tertiary/aromatic N) is 2. The molecular formula is C26H33ClN2O4. The SMILES string of the molecule is CN1CCN([C@H]2C[C@@H](c3ccccc3)c3ccc(Cl)cc32)CC1(C)C.O=C(O)CCC(=O)O. The topological polar surface area (TPSA) is 81.1 Å². The number of halogens is 1. The van der Waals surface area contributed by atoms with Crippen molar-refractivity contribution in [2.75, 3.05) is 26.7 Å². The summed E-state index contributed by atoms with van der Waals surface area (Å²) in [7, 11) is 2.24. The Labute approximate surface area is 200 Å². The van der Waals surface area contributed by atoms with Crippen molar-refractivity contribution in [3.8, 4) is 0 Å². The van der Waals surface area contributed by atoms with E-state index >= 15 is 0 Å². The molecule has 0 bridgehead atoms. The monoisotopic (exact) mass is 472 g/mol. The number of hydrogen-bond donors (Lipinski definition) is 2. The van der Waals surface area contributed by atoms with Crippen LogP contribution in [0.1, 0.15) is 61.8 Å². The summed E-state index contributed by atoms with van der Waals surface area (Å²) >= 11 is 6.37. The van der Waals surface area contributed by atoms with Gasteiger partial charge in [0.25, 0.3) is 0 Å². The number of likely N-dealkylation sites (N-methyl/N-ethyl adjacent to an activating group) is 1. The minimum Gasteiger partial charge on any atom is -0.481 e. The molecule has 2 aliphatic rings. The molecule has 0 aromatic heterocycles. The average Bonchev–Trinajstić information content (AvgIpc) is 3.14. The minimum absolute atomic E-state index is 0.210. The highest BCUT2D eigenvalue weighted by atomic mass is 35.5. The number of rotatable bonds is 5. The smallest absolute Gasteiger partial charge is 0.303 e. The summed E-state index contributed by atoms with van der Waals surface area (Å²) in [5, 5.41) is 16.7. The van der Waals surface area contributed by atoms with Crippen LogP contribution in [-0.4, -0.2) is 64.2 Å². The third kappa shape index (κ3) is 6.34. The van der Waals surface area contributed by atoms with E-state index in [2.05, 4.69) is 73.2 Å². The highest BCUT2D eigenvalue weighted by molar-refractivity contribution is 6.30. The molecule has 2 aromatic rings. The van der Waals surface area contributed by atoms with Crippen LogP contribution in [0.15, 0.2) is 48.5 Å². The number of benzene rings is 2. The first-order valence-corrected chi connectivity index (χ1v) is 11.7. The molecule has 1 saturated heterocycles. The largest absolute Gasteiger partial charge is 0.481 e. The lowest BCUT2D eigenvalue weighted by Gasteiger charge is -2.47. The van der Waals surface area contributed by atoms with Gasteiger partial charge in [-0.2, -0.15) is 0 Å². The maximum atomic E-state index is 9.64. The van der Waals surface area contributed by atoms with Gasteiger partial charge in [-0.1, -0.05) is 48.0 Å². The standard InChI is InChI=1S/C22H27ClN2.C4H6O4/c1-22(2)15-25(12-11-24(22)3)21-14-19(16-7-5-4-6-8-16)18-10-9-17(23)13-20(18)21;5-3(6)1-2-4(7)8/h4-10,13,19,21H,11-12,14-15H2,1-3H3;1-2H2,(H,5,6)(H,7,8)/t19-,21-;/m0./s1. The fourth-order valence-electron chi connectivity index (χ4n) is 4.73. The van der Waals surface area contributed by atoms with E-state index in [-0.39, 0.29) is 18.4 Å². The molecule has 2 N–H and O–H groups in total. The Morgan fingerprint density at radius 2 is 1.64 bits per heavy atom. The summed E-state index contributed by atoms with van der Waals surface area (Å²) in [5.74, 6) is -1.68. The van der Waals surface area contributed by atoms with Crippen LogP contribution in [0.5, 0.6) is 0 Å². The number of fused-ring (bicyclic) bond motifs is 1. The van der Waals surface area contributed by atoms with Crippen LogP contribution in [-0.2, 0) is 9.59 Å². The quantitative estimate of drug-likeness (QED) is 0.645. The molecule has 6 nitrogen and oxygen atoms in total. The summed E-state index contributed by atoms with van der Waals surface area (Å²) in [6.45, 7) is 8.04. The van der Waals surface area contributed by atoms with Gasteiger partial charge in [0, 0.05) is 42.2 Å². The van der Waals surface area contributed by atoms with E-state index in [1.165, 1.54) is 16.7 Å². The normalized spacial score (nSPS) is 22.2. The Balaban J connectivity index is 0.000000331. The molecule has 178 valence electrons. The molecule has 2 atom stereocenters. The number of hydrogen-bond acceptors (Lipinski definition) is 4. The lowest BCUT2D eigenvalue weighted by molar-refractivity contribution is -0.143. The average molecular weight is 473 g/mol. The fraction of sp³-hybridized carbons (Fsp3) is 0.462. The molecule has 4 rings (SSSR count). The zero-order valence-electron chi connectivity index (χ0n) is 19.5. The number of aliphatic carboxylic acids is 2. The van der Waals surface area contributed by atoms with Crippen molar-refractivity contribution in [1.29, 1.82) is 0 Å². The van der Waals surface area contributed by atoms with Crippen LogP contribution in [0.25, 0.3) is 0 Å². The van der Waals surface area contributed by atoms with Gasteiger partial charge < -0.3 is 10.2 Å². The van der Waals surface area contributed by atoms with E-state index in [0.717, 1.165) is 31.1 Å². The van der Waals surface area contributed by atoms with Gasteiger partial charge in [0.05, 0.1) is 12.8 Å². The molecule has 1 heterocycles. The first-order chi connectivity index (χ1) is 15.6. The number of carboxylic acids is 2. The van der Waals surface area contributed by atoms with Crippen molar-refractivity contribution < 1.29 is 19.8 Å². The maximum absolute atomic E-state index is 9.64. The van der Waals surface area contributed by atoms with Crippen LogP contribution in [0, 0.1) is 0 Å². The fourth-order valence-corrected chi connectivity index (χ4v) is 4.91. The van der Waals surface area contributed by atoms with E-state index in [1.54, 1.807) is 0 Å². The Morgan fingerprint density at radius 3 is 2.21 bits per heavy atom. The van der Waals surface area contributed by atoms with E-state index in [4.69, 9.17) is 21.8 Å². The molecule has 0 spiro atoms. The van der Waals surface area contributed by atoms with Crippen molar-refractivity contribution in [3.63, 3.8) is 0 Å². The molecule has 2 aromatic carbocycles. The first-order valence-electron chi connectivity index (χ1n) is 11.3. The molecule has 0 saturated carbocycles. The molecule has 1 aliphatic heterocycles. The summed E-state index contributed by atoms with van der Waals surface area (Å²) in [6, 6.07) is 17.9. The van der Waals surface area contributed by atoms with Crippen molar-refractivity contribution in [2.45, 2.75) is 50.6 Å². The summed E-state index contributed by atoms with van der Waals surface area (Å²) in [4.78, 5) is 24.4. The van der Waals surface area contributed by atoms with Crippen molar-refractivity contribution in [1.82, 2.24) is 9.80 Å². The van der Waals surface area contributed by atoms with Crippen molar-refractivity contribution in [2.24, 2.45) is 0 Å². The number of piperazine rings is 1. The Hall–Kier alpha value is -2.41. The Morgan fingerprint density at radius 1 is 1.00 bits per heavy atom. The lowest BCUT2D eigenvalue weighted by Crippen LogP contribution is -2.58. The van der Waals surface area contributed by atoms with Crippen LogP contribution in [0.4, 0.5) is 0 Å². The molecule has 0 radical (unpaired) electrons. The van der Waals surface area contributed by atoms with E-state index in [1.807, 2.05) is 6.07 Å². The molecule has 33 heavy (non-hydrogen) atoms. The molecule has 7 heteroatoms. The number of carbonyl (C=O) groups is 2. The third-order valence-electron chi connectivity index (χ3n) is 6.78. The summed E-state index contributed by atoms with van der Waals surface area (Å²) in [6.07, 6.45) is 0.560. The Bertz CT molecular complexity index is 966. The van der Waals surface area contributed by atoms with E-state index < -0.39 is 11.9 Å². The highest BCUT2D eigenvalue weighted by Crippen LogP contribution is 2.48. The van der Waals surface area contributed by atoms with Crippen LogP contribution in [0.3, 0.4) is 0 Å². The molecule has 1 fully saturated rings. The Kier molecular flexibility index (Phi) is 8.16. The van der Waals surface area contributed by atoms with Crippen LogP contribution >= 0.6 is 11.6 Å². The second kappa shape index (κ2) is 10.7. The van der Waals surface area contributed by atoms with Gasteiger partial charge >= 0.3 is 11.9 Å². The molecular weight excluding hydrogens is 440 g/mol. The van der Waals surface area contributed by atoms with Gasteiger partial charge in [0.1, 0.15) is 0 Å². The predicted octanol–water partition coefficient (Wildman–Crippen LogP) is 4.88. The van der Waals surface area contributed by atoms with Gasteiger partial charge in [-0.15, -0.1) is 0 Å². The maximum Gasteiger partial charge on any atom is 0.303 e. The van der Waals surface area contributed by atoms with Crippen molar-refractivity contribution >= 4 is 23.5 Å². The zero-order valence-corrected chi connectivity index (χ0v) is 20.3. The summed E-state index contributed by atoms with van der Waals surface area (Å²) < 4.78 is 0. The van der Waals surface area contributed by atoms with E-state index in [9.17, 15) is 9.59 Å². The van der Waals surface area contributed by atoms with Crippen LogP contribution < -0.4 is 0 Å². The predicted molar refractivity (Wildman–Crippen MR) is 130 cm³/mol. The second-order valence-electron chi connectivity index (χ2n) is 9.48. The molecule has 1 aliphatic carbocycles. The second-order valence-corrected chi connectivity index (χ2v) is 9.92. The van der Waals surface area contributed by atoms with Gasteiger partial charge in [-0.25, -0.2) is 0 Å². The zero-order chi connectivity index (χ0) is 24.2. The summed E-state index contributed by atoms with van der Waals surface area (Å²) in [5.41, 5.74) is 4.52. The minimum atomic E-state index is -1.08. The number of carboxylic acid groups (broad SMARTS) is 2. The highest BCUT2D eigenvalue weighted by Gasteiger charge is 2.40. The van der Waals surface area contributed by atoms with Gasteiger partial charge in [0.2, 0.25) is 0 Å². The van der Waals surface area contributed by atoms with Crippen molar-refractivity contribution in [3.05, 3.63) is 70.2 Å². The molecule has 0 unspecified atom stereocenters. The van der Waals surface area contributed by atoms with Gasteiger partial charge in [-0.3, -0.25) is 19.4 Å². The molecule has 0 amide bonds. The van der Waals surface area contributed by atoms with Gasteiger partial charge in [-0.05, 0) is 56.1 Å². The van der Waals surface area contributed by atoms with Gasteiger partial charge in [0.15, 0.2) is 0 Å². The third-order valence-corrected chi connectivity index (χ3v) is 7.02. The first kappa shape index (κ1) is 25.2. The van der Waals surface area contributed by atoms with E-state index in [0.29, 0.717) is 12.0 Å². The van der Waals surface area contributed by atoms with Crippen LogP contribution in [0.2, 0.25) is 5.02 Å². The lowest BCUT2D eigenvalue weighted by atomic mass is 9.93.